The molecular formula is C27H35ClFNO5. The first-order chi connectivity index (χ1) is 16.3. The molecule has 0 heterocycles. The smallest absolute Gasteiger partial charge is 0.407 e. The van der Waals surface area contributed by atoms with Gasteiger partial charge in [0.15, 0.2) is 0 Å². The minimum atomic E-state index is -1.11. The van der Waals surface area contributed by atoms with E-state index in [0.717, 1.165) is 5.56 Å². The van der Waals surface area contributed by atoms with Crippen LogP contribution in [-0.4, -0.2) is 42.0 Å². The van der Waals surface area contributed by atoms with E-state index in [-0.39, 0.29) is 12.2 Å². The maximum Gasteiger partial charge on any atom is 0.407 e. The summed E-state index contributed by atoms with van der Waals surface area (Å²) >= 11 is 6.02. The highest BCUT2D eigenvalue weighted by Gasteiger charge is 2.36. The second-order valence-electron chi connectivity index (χ2n) is 9.89. The lowest BCUT2D eigenvalue weighted by molar-refractivity contribution is -0.150. The summed E-state index contributed by atoms with van der Waals surface area (Å²) in [6, 6.07) is 11.1. The van der Waals surface area contributed by atoms with E-state index in [4.69, 9.17) is 21.1 Å². The van der Waals surface area contributed by atoms with Crippen molar-refractivity contribution in [1.29, 1.82) is 0 Å². The molecule has 0 saturated carbocycles. The number of hydrogen-bond acceptors (Lipinski definition) is 4. The SMILES string of the molecule is CCOCC[C@](C)(C[C@@H](Cc1ccc(-c2cc(Cl)ccc2F)cc1)NC(=O)OC(C)(C)C)C(=O)O. The molecule has 6 nitrogen and oxygen atoms in total. The number of rotatable bonds is 11. The van der Waals surface area contributed by atoms with E-state index in [1.165, 1.54) is 12.1 Å². The summed E-state index contributed by atoms with van der Waals surface area (Å²) in [4.78, 5) is 24.7. The fourth-order valence-corrected chi connectivity index (χ4v) is 3.93. The van der Waals surface area contributed by atoms with Crippen LogP contribution < -0.4 is 5.32 Å². The van der Waals surface area contributed by atoms with Crippen molar-refractivity contribution in [3.8, 4) is 11.1 Å². The number of halogens is 2. The van der Waals surface area contributed by atoms with Gasteiger partial charge in [0.1, 0.15) is 11.4 Å². The van der Waals surface area contributed by atoms with Gasteiger partial charge in [0, 0.05) is 29.8 Å². The number of nitrogens with one attached hydrogen (secondary N) is 1. The van der Waals surface area contributed by atoms with Crippen molar-refractivity contribution in [1.82, 2.24) is 5.32 Å². The van der Waals surface area contributed by atoms with Crippen LogP contribution in [0, 0.1) is 11.2 Å². The summed E-state index contributed by atoms with van der Waals surface area (Å²) in [6.45, 7) is 9.59. The highest BCUT2D eigenvalue weighted by molar-refractivity contribution is 6.30. The maximum absolute atomic E-state index is 14.2. The molecule has 0 bridgehead atoms. The van der Waals surface area contributed by atoms with Crippen molar-refractivity contribution in [2.24, 2.45) is 5.41 Å². The quantitative estimate of drug-likeness (QED) is 0.339. The van der Waals surface area contributed by atoms with Crippen molar-refractivity contribution < 1.29 is 28.6 Å². The average molecular weight is 508 g/mol. The Hall–Kier alpha value is -2.64. The van der Waals surface area contributed by atoms with E-state index in [1.807, 2.05) is 19.1 Å². The van der Waals surface area contributed by atoms with Gasteiger partial charge in [-0.2, -0.15) is 0 Å². The predicted molar refractivity (Wildman–Crippen MR) is 135 cm³/mol. The second-order valence-corrected chi connectivity index (χ2v) is 10.3. The van der Waals surface area contributed by atoms with E-state index in [2.05, 4.69) is 5.32 Å². The zero-order valence-electron chi connectivity index (χ0n) is 21.0. The zero-order chi connectivity index (χ0) is 26.2. The third-order valence-electron chi connectivity index (χ3n) is 5.61. The Morgan fingerprint density at radius 3 is 2.34 bits per heavy atom. The Morgan fingerprint density at radius 2 is 1.77 bits per heavy atom. The molecule has 2 atom stereocenters. The van der Waals surface area contributed by atoms with E-state index >= 15 is 0 Å². The largest absolute Gasteiger partial charge is 0.481 e. The van der Waals surface area contributed by atoms with Gasteiger partial charge in [-0.3, -0.25) is 4.79 Å². The number of aliphatic carboxylic acids is 1. The highest BCUT2D eigenvalue weighted by atomic mass is 35.5. The molecule has 0 saturated heterocycles. The van der Waals surface area contributed by atoms with Crippen LogP contribution in [0.5, 0.6) is 0 Å². The summed E-state index contributed by atoms with van der Waals surface area (Å²) in [5, 5.41) is 13.2. The number of carboxylic acid groups (broad SMARTS) is 1. The predicted octanol–water partition coefficient (Wildman–Crippen LogP) is 6.49. The van der Waals surface area contributed by atoms with Gasteiger partial charge in [-0.05, 0) is 83.2 Å². The van der Waals surface area contributed by atoms with Crippen LogP contribution in [0.3, 0.4) is 0 Å². The Kier molecular flexibility index (Phi) is 10.1. The summed E-state index contributed by atoms with van der Waals surface area (Å²) in [6.07, 6.45) is 0.238. The van der Waals surface area contributed by atoms with Crippen molar-refractivity contribution >= 4 is 23.7 Å². The number of carbonyl (C=O) groups excluding carboxylic acids is 1. The average Bonchev–Trinajstić information content (AvgIpc) is 2.74. The van der Waals surface area contributed by atoms with Crippen LogP contribution in [0.2, 0.25) is 5.02 Å². The molecule has 0 aromatic heterocycles. The van der Waals surface area contributed by atoms with Gasteiger partial charge < -0.3 is 19.9 Å². The molecular weight excluding hydrogens is 473 g/mol. The molecule has 8 heteroatoms. The third kappa shape index (κ3) is 9.15. The summed E-state index contributed by atoms with van der Waals surface area (Å²) in [5.41, 5.74) is 0.107. The van der Waals surface area contributed by atoms with E-state index in [0.29, 0.717) is 42.2 Å². The normalized spacial score (nSPS) is 14.1. The highest BCUT2D eigenvalue weighted by Crippen LogP contribution is 2.31. The van der Waals surface area contributed by atoms with Crippen LogP contribution in [0.1, 0.15) is 53.0 Å². The molecule has 2 rings (SSSR count). The fourth-order valence-electron chi connectivity index (χ4n) is 3.75. The maximum atomic E-state index is 14.2. The van der Waals surface area contributed by atoms with Crippen LogP contribution >= 0.6 is 11.6 Å². The molecule has 0 radical (unpaired) electrons. The molecule has 2 N–H and O–H groups in total. The molecule has 192 valence electrons. The van der Waals surface area contributed by atoms with Gasteiger partial charge in [-0.1, -0.05) is 35.9 Å². The molecule has 0 aliphatic carbocycles. The lowest BCUT2D eigenvalue weighted by atomic mass is 9.79. The number of carbonyl (C=O) groups is 2. The monoisotopic (exact) mass is 507 g/mol. The lowest BCUT2D eigenvalue weighted by Crippen LogP contribution is -2.44. The molecule has 0 aliphatic heterocycles. The van der Waals surface area contributed by atoms with Gasteiger partial charge in [0.05, 0.1) is 5.41 Å². The molecule has 2 aromatic rings. The number of carboxylic acids is 1. The second kappa shape index (κ2) is 12.4. The summed E-state index contributed by atoms with van der Waals surface area (Å²) < 4.78 is 25.0. The molecule has 1 amide bonds. The molecule has 0 spiro atoms. The van der Waals surface area contributed by atoms with Gasteiger partial charge in [-0.25, -0.2) is 9.18 Å². The minimum absolute atomic E-state index is 0.180. The first-order valence-corrected chi connectivity index (χ1v) is 12.1. The van der Waals surface area contributed by atoms with Crippen LogP contribution in [0.25, 0.3) is 11.1 Å². The molecule has 35 heavy (non-hydrogen) atoms. The van der Waals surface area contributed by atoms with Crippen LogP contribution in [0.4, 0.5) is 9.18 Å². The number of benzene rings is 2. The third-order valence-corrected chi connectivity index (χ3v) is 5.85. The van der Waals surface area contributed by atoms with E-state index in [9.17, 15) is 19.1 Å². The molecule has 2 aromatic carbocycles. The van der Waals surface area contributed by atoms with Gasteiger partial charge >= 0.3 is 12.1 Å². The molecule has 0 unspecified atom stereocenters. The lowest BCUT2D eigenvalue weighted by Gasteiger charge is -2.31. The van der Waals surface area contributed by atoms with Crippen molar-refractivity contribution in [3.63, 3.8) is 0 Å². The van der Waals surface area contributed by atoms with E-state index in [1.54, 1.807) is 45.9 Å². The molecule has 0 aliphatic rings. The first kappa shape index (κ1) is 28.6. The fraction of sp³-hybridized carbons (Fsp3) is 0.481. The summed E-state index contributed by atoms with van der Waals surface area (Å²) in [5.74, 6) is -1.34. The Balaban J connectivity index is 2.26. The number of hydrogen-bond donors (Lipinski definition) is 2. The van der Waals surface area contributed by atoms with Gasteiger partial charge in [-0.15, -0.1) is 0 Å². The first-order valence-electron chi connectivity index (χ1n) is 11.7. The topological polar surface area (TPSA) is 84.9 Å². The van der Waals surface area contributed by atoms with E-state index < -0.39 is 29.1 Å². The zero-order valence-corrected chi connectivity index (χ0v) is 21.7. The van der Waals surface area contributed by atoms with Crippen molar-refractivity contribution in [2.75, 3.05) is 13.2 Å². The minimum Gasteiger partial charge on any atom is -0.481 e. The summed E-state index contributed by atoms with van der Waals surface area (Å²) in [7, 11) is 0. The number of alkyl carbamates (subject to hydrolysis) is 1. The Bertz CT molecular complexity index is 1010. The standard InChI is InChI=1S/C27H35ClFNO5/c1-6-34-14-13-27(5,24(31)32)17-21(30-25(33)35-26(2,3)4)15-18-7-9-19(10-8-18)22-16-20(28)11-12-23(22)29/h7-12,16,21H,6,13-15,17H2,1-5H3,(H,30,33)(H,31,32)/t21-,27-/m1/s1. The van der Waals surface area contributed by atoms with Crippen LogP contribution in [0.15, 0.2) is 42.5 Å². The molecule has 0 fully saturated rings. The van der Waals surface area contributed by atoms with Crippen molar-refractivity contribution in [2.45, 2.75) is 65.5 Å². The van der Waals surface area contributed by atoms with Crippen LogP contribution in [-0.2, 0) is 20.7 Å². The van der Waals surface area contributed by atoms with Gasteiger partial charge in [0.2, 0.25) is 0 Å². The number of ether oxygens (including phenoxy) is 2. The van der Waals surface area contributed by atoms with Gasteiger partial charge in [0.25, 0.3) is 0 Å². The Morgan fingerprint density at radius 1 is 1.11 bits per heavy atom. The Labute approximate surface area is 211 Å². The number of amides is 1. The van der Waals surface area contributed by atoms with Crippen molar-refractivity contribution in [3.05, 3.63) is 58.9 Å².